The number of carbonyl (C=O) groups is 2. The molecule has 1 heterocycles. The Morgan fingerprint density at radius 2 is 1.95 bits per heavy atom. The molecule has 1 rings (SSSR count). The highest BCUT2D eigenvalue weighted by atomic mass is 16.6. The van der Waals surface area contributed by atoms with E-state index in [0.717, 1.165) is 12.8 Å². The maximum atomic E-state index is 12.0. The molecule has 0 fully saturated rings. The van der Waals surface area contributed by atoms with Crippen molar-refractivity contribution < 1.29 is 19.6 Å². The number of nitrogens with one attached hydrogen (secondary N) is 1. The van der Waals surface area contributed by atoms with E-state index >= 15 is 0 Å². The van der Waals surface area contributed by atoms with Crippen molar-refractivity contribution in [2.24, 2.45) is 7.05 Å². The Morgan fingerprint density at radius 1 is 1.32 bits per heavy atom. The van der Waals surface area contributed by atoms with E-state index in [1.165, 1.54) is 18.7 Å². The first-order valence-electron chi connectivity index (χ1n) is 7.02. The molecule has 0 spiro atoms. The summed E-state index contributed by atoms with van der Waals surface area (Å²) in [5.74, 6) is -1.34. The molecule has 1 amide bonds. The van der Waals surface area contributed by atoms with E-state index in [4.69, 9.17) is 5.11 Å². The zero-order valence-corrected chi connectivity index (χ0v) is 12.7. The Kier molecular flexibility index (Phi) is 6.48. The number of carboxylic acids is 1. The summed E-state index contributed by atoms with van der Waals surface area (Å²) < 4.78 is 1.20. The Bertz CT molecular complexity index is 567. The van der Waals surface area contributed by atoms with E-state index < -0.39 is 16.8 Å². The zero-order valence-electron chi connectivity index (χ0n) is 12.7. The highest BCUT2D eigenvalue weighted by molar-refractivity contribution is 5.96. The van der Waals surface area contributed by atoms with Crippen LogP contribution in [0.4, 0.5) is 5.69 Å². The van der Waals surface area contributed by atoms with Crippen LogP contribution in [-0.2, 0) is 11.8 Å². The average molecular weight is 312 g/mol. The van der Waals surface area contributed by atoms with Gasteiger partial charge in [-0.1, -0.05) is 12.8 Å². The molecular formula is C13H20N4O5. The molecule has 0 saturated carbocycles. The summed E-state index contributed by atoms with van der Waals surface area (Å²) in [5, 5.41) is 26.0. The van der Waals surface area contributed by atoms with Crippen molar-refractivity contribution in [3.63, 3.8) is 0 Å². The molecule has 1 aromatic rings. The fourth-order valence-corrected chi connectivity index (χ4v) is 2.16. The standard InChI is InChI=1S/C13H20N4O5/c1-9-11(17(21)22)12(16(2)15-9)13(20)14-8-6-4-3-5-7-10(18)19/h3-8H2,1-2H3,(H,14,20)(H,18,19). The molecule has 9 heteroatoms. The number of carbonyl (C=O) groups excluding carboxylic acids is 1. The molecule has 2 N–H and O–H groups in total. The van der Waals surface area contributed by atoms with Crippen LogP contribution in [0.5, 0.6) is 0 Å². The fraction of sp³-hybridized carbons (Fsp3) is 0.615. The molecule has 0 aliphatic rings. The Labute approximate surface area is 127 Å². The van der Waals surface area contributed by atoms with Crippen LogP contribution in [-0.4, -0.2) is 38.2 Å². The first-order chi connectivity index (χ1) is 10.3. The number of aliphatic carboxylic acids is 1. The molecule has 0 aliphatic heterocycles. The fourth-order valence-electron chi connectivity index (χ4n) is 2.16. The molecule has 0 saturated heterocycles. The number of hydrogen-bond donors (Lipinski definition) is 2. The molecule has 0 atom stereocenters. The van der Waals surface area contributed by atoms with Gasteiger partial charge in [0.15, 0.2) is 0 Å². The van der Waals surface area contributed by atoms with Gasteiger partial charge in [-0.05, 0) is 19.8 Å². The summed E-state index contributed by atoms with van der Waals surface area (Å²) >= 11 is 0. The van der Waals surface area contributed by atoms with Crippen molar-refractivity contribution in [1.29, 1.82) is 0 Å². The normalized spacial score (nSPS) is 10.5. The predicted molar refractivity (Wildman–Crippen MR) is 77.7 cm³/mol. The molecule has 22 heavy (non-hydrogen) atoms. The SMILES string of the molecule is Cc1nn(C)c(C(=O)NCCCCCCC(=O)O)c1[N+](=O)[O-]. The van der Waals surface area contributed by atoms with Crippen molar-refractivity contribution in [2.45, 2.75) is 39.0 Å². The Hall–Kier alpha value is -2.45. The summed E-state index contributed by atoms with van der Waals surface area (Å²) in [5.41, 5.74) is -0.138. The van der Waals surface area contributed by atoms with Crippen LogP contribution < -0.4 is 5.32 Å². The number of hydrogen-bond acceptors (Lipinski definition) is 5. The van der Waals surface area contributed by atoms with Crippen LogP contribution in [0.2, 0.25) is 0 Å². The van der Waals surface area contributed by atoms with Gasteiger partial charge in [0.1, 0.15) is 5.69 Å². The van der Waals surface area contributed by atoms with Crippen LogP contribution in [0.3, 0.4) is 0 Å². The molecule has 0 aliphatic carbocycles. The van der Waals surface area contributed by atoms with Crippen molar-refractivity contribution in [2.75, 3.05) is 6.54 Å². The van der Waals surface area contributed by atoms with Gasteiger partial charge >= 0.3 is 11.7 Å². The number of aryl methyl sites for hydroxylation is 2. The van der Waals surface area contributed by atoms with Crippen molar-refractivity contribution in [3.05, 3.63) is 21.5 Å². The van der Waals surface area contributed by atoms with Gasteiger partial charge in [0, 0.05) is 20.0 Å². The third-order valence-electron chi connectivity index (χ3n) is 3.19. The van der Waals surface area contributed by atoms with Crippen LogP contribution >= 0.6 is 0 Å². The summed E-state index contributed by atoms with van der Waals surface area (Å²) in [6.07, 6.45) is 3.01. The summed E-state index contributed by atoms with van der Waals surface area (Å²) in [7, 11) is 1.49. The maximum Gasteiger partial charge on any atom is 0.322 e. The lowest BCUT2D eigenvalue weighted by Gasteiger charge is -2.05. The number of rotatable bonds is 9. The number of nitro groups is 1. The quantitative estimate of drug-likeness (QED) is 0.403. The summed E-state index contributed by atoms with van der Waals surface area (Å²) in [6, 6.07) is 0. The third-order valence-corrected chi connectivity index (χ3v) is 3.19. The van der Waals surface area contributed by atoms with Crippen LogP contribution in [0.15, 0.2) is 0 Å². The van der Waals surface area contributed by atoms with Crippen molar-refractivity contribution in [3.8, 4) is 0 Å². The van der Waals surface area contributed by atoms with Crippen molar-refractivity contribution >= 4 is 17.6 Å². The lowest BCUT2D eigenvalue weighted by molar-refractivity contribution is -0.385. The molecular weight excluding hydrogens is 292 g/mol. The smallest absolute Gasteiger partial charge is 0.322 e. The van der Waals surface area contributed by atoms with E-state index in [1.807, 2.05) is 0 Å². The van der Waals surface area contributed by atoms with Gasteiger partial charge in [-0.2, -0.15) is 5.10 Å². The van der Waals surface area contributed by atoms with Gasteiger partial charge in [-0.25, -0.2) is 0 Å². The molecule has 0 bridgehead atoms. The largest absolute Gasteiger partial charge is 0.481 e. The Morgan fingerprint density at radius 3 is 2.55 bits per heavy atom. The van der Waals surface area contributed by atoms with E-state index in [1.54, 1.807) is 0 Å². The highest BCUT2D eigenvalue weighted by Gasteiger charge is 2.28. The molecule has 122 valence electrons. The molecule has 0 unspecified atom stereocenters. The lowest BCUT2D eigenvalue weighted by Crippen LogP contribution is -2.27. The first kappa shape index (κ1) is 17.6. The van der Waals surface area contributed by atoms with Crippen molar-refractivity contribution in [1.82, 2.24) is 15.1 Å². The molecule has 0 aromatic carbocycles. The topological polar surface area (TPSA) is 127 Å². The van der Waals surface area contributed by atoms with Gasteiger partial charge in [0.2, 0.25) is 5.69 Å². The van der Waals surface area contributed by atoms with Gasteiger partial charge < -0.3 is 10.4 Å². The van der Waals surface area contributed by atoms with Gasteiger partial charge in [0.05, 0.1) is 4.92 Å². The molecule has 1 aromatic heterocycles. The van der Waals surface area contributed by atoms with Crippen LogP contribution in [0.25, 0.3) is 0 Å². The first-order valence-corrected chi connectivity index (χ1v) is 7.02. The second-order valence-electron chi connectivity index (χ2n) is 4.98. The predicted octanol–water partition coefficient (Wildman–Crippen LogP) is 1.40. The van der Waals surface area contributed by atoms with E-state index in [-0.39, 0.29) is 23.5 Å². The number of nitrogens with zero attached hydrogens (tertiary/aromatic N) is 3. The average Bonchev–Trinajstić information content (AvgIpc) is 2.71. The summed E-state index contributed by atoms with van der Waals surface area (Å²) in [6.45, 7) is 1.87. The van der Waals surface area contributed by atoms with E-state index in [0.29, 0.717) is 19.4 Å². The highest BCUT2D eigenvalue weighted by Crippen LogP contribution is 2.21. The van der Waals surface area contributed by atoms with Crippen LogP contribution in [0, 0.1) is 17.0 Å². The number of carboxylic acid groups (broad SMARTS) is 1. The second-order valence-corrected chi connectivity index (χ2v) is 4.98. The maximum absolute atomic E-state index is 12.0. The van der Waals surface area contributed by atoms with E-state index in [9.17, 15) is 19.7 Å². The second kappa shape index (κ2) is 8.11. The monoisotopic (exact) mass is 312 g/mol. The van der Waals surface area contributed by atoms with Gasteiger partial charge in [-0.3, -0.25) is 24.4 Å². The minimum atomic E-state index is -0.813. The number of unbranched alkanes of at least 4 members (excludes halogenated alkanes) is 3. The minimum Gasteiger partial charge on any atom is -0.481 e. The van der Waals surface area contributed by atoms with Gasteiger partial charge in [-0.15, -0.1) is 0 Å². The zero-order chi connectivity index (χ0) is 16.7. The van der Waals surface area contributed by atoms with Gasteiger partial charge in [0.25, 0.3) is 5.91 Å². The molecule has 9 nitrogen and oxygen atoms in total. The number of amides is 1. The van der Waals surface area contributed by atoms with E-state index in [2.05, 4.69) is 10.4 Å². The minimum absolute atomic E-state index is 0.0617. The lowest BCUT2D eigenvalue weighted by atomic mass is 10.1. The summed E-state index contributed by atoms with van der Waals surface area (Å²) in [4.78, 5) is 32.7. The third kappa shape index (κ3) is 4.83. The number of aromatic nitrogens is 2. The van der Waals surface area contributed by atoms with Crippen LogP contribution in [0.1, 0.15) is 48.3 Å². The molecule has 0 radical (unpaired) electrons. The Balaban J connectivity index is 2.44.